The second-order valence-corrected chi connectivity index (χ2v) is 5.38. The molecule has 1 atom stereocenters. The van der Waals surface area contributed by atoms with Crippen LogP contribution in [0.2, 0.25) is 0 Å². The van der Waals surface area contributed by atoms with E-state index in [1.54, 1.807) is 0 Å². The summed E-state index contributed by atoms with van der Waals surface area (Å²) in [5, 5.41) is 0. The number of aromatic amines is 1. The summed E-state index contributed by atoms with van der Waals surface area (Å²) in [4.78, 5) is 7.85. The van der Waals surface area contributed by atoms with Gasteiger partial charge in [-0.25, -0.2) is 4.98 Å². The van der Waals surface area contributed by atoms with E-state index in [0.29, 0.717) is 5.92 Å². The van der Waals surface area contributed by atoms with Gasteiger partial charge in [0.1, 0.15) is 0 Å². The largest absolute Gasteiger partial charge is 0.348 e. The van der Waals surface area contributed by atoms with Crippen molar-refractivity contribution in [3.8, 4) is 0 Å². The second kappa shape index (κ2) is 6.05. The van der Waals surface area contributed by atoms with E-state index in [4.69, 9.17) is 0 Å². The lowest BCUT2D eigenvalue weighted by atomic mass is 9.90. The molecule has 0 aliphatic heterocycles. The molecule has 1 heterocycles. The van der Waals surface area contributed by atoms with Gasteiger partial charge in [0, 0.05) is 11.6 Å². The first-order valence-corrected chi connectivity index (χ1v) is 7.23. The predicted molar refractivity (Wildman–Crippen MR) is 80.6 cm³/mol. The zero-order chi connectivity index (χ0) is 13.8. The lowest BCUT2D eigenvalue weighted by Gasteiger charge is -2.16. The topological polar surface area (TPSA) is 28.7 Å². The summed E-state index contributed by atoms with van der Waals surface area (Å²) in [6.45, 7) is 8.88. The van der Waals surface area contributed by atoms with Gasteiger partial charge in [0.15, 0.2) is 0 Å². The first kappa shape index (κ1) is 13.9. The number of H-pyrrole nitrogens is 1. The molecule has 0 aliphatic rings. The van der Waals surface area contributed by atoms with Gasteiger partial charge in [0.2, 0.25) is 0 Å². The molecule has 0 fully saturated rings. The van der Waals surface area contributed by atoms with E-state index in [9.17, 15) is 0 Å². The van der Waals surface area contributed by atoms with E-state index in [0.717, 1.165) is 6.42 Å². The van der Waals surface area contributed by atoms with Crippen molar-refractivity contribution in [2.24, 2.45) is 0 Å². The van der Waals surface area contributed by atoms with Gasteiger partial charge in [0.25, 0.3) is 0 Å². The highest BCUT2D eigenvalue weighted by Crippen LogP contribution is 2.29. The van der Waals surface area contributed by atoms with Crippen LogP contribution in [0.3, 0.4) is 0 Å². The van der Waals surface area contributed by atoms with Crippen molar-refractivity contribution in [1.82, 2.24) is 9.97 Å². The molecule has 0 spiro atoms. The molecule has 1 unspecified atom stereocenters. The van der Waals surface area contributed by atoms with Gasteiger partial charge < -0.3 is 4.98 Å². The van der Waals surface area contributed by atoms with Crippen molar-refractivity contribution >= 4 is 0 Å². The van der Waals surface area contributed by atoms with Gasteiger partial charge >= 0.3 is 0 Å². The molecule has 2 rings (SSSR count). The first-order valence-electron chi connectivity index (χ1n) is 7.23. The van der Waals surface area contributed by atoms with Crippen molar-refractivity contribution in [2.75, 3.05) is 0 Å². The Morgan fingerprint density at radius 1 is 1.26 bits per heavy atom. The molecule has 0 saturated carbocycles. The molecule has 0 aliphatic carbocycles. The van der Waals surface area contributed by atoms with Gasteiger partial charge in [-0.2, -0.15) is 0 Å². The zero-order valence-electron chi connectivity index (χ0n) is 12.5. The van der Waals surface area contributed by atoms with Gasteiger partial charge in [-0.3, -0.25) is 0 Å². The first-order chi connectivity index (χ1) is 9.15. The standard InChI is InChI=1S/C17H24N2/c1-5-6-10-16-17(19-11-18-16)14(4)15-9-7-8-12(2)13(15)3/h7-9,11,14H,5-6,10H2,1-4H3,(H,18,19). The van der Waals surface area contributed by atoms with Crippen LogP contribution in [0.15, 0.2) is 24.5 Å². The molecule has 0 saturated heterocycles. The smallest absolute Gasteiger partial charge is 0.0925 e. The highest BCUT2D eigenvalue weighted by atomic mass is 14.9. The Morgan fingerprint density at radius 3 is 2.79 bits per heavy atom. The van der Waals surface area contributed by atoms with Gasteiger partial charge in [-0.05, 0) is 43.4 Å². The molecule has 1 aromatic heterocycles. The number of unbranched alkanes of at least 4 members (excludes halogenated alkanes) is 1. The SMILES string of the molecule is CCCCc1nc[nH]c1C(C)c1cccc(C)c1C. The van der Waals surface area contributed by atoms with Gasteiger partial charge in [-0.1, -0.05) is 38.5 Å². The molecular formula is C17H24N2. The van der Waals surface area contributed by atoms with Crippen molar-refractivity contribution in [2.45, 2.75) is 52.9 Å². The second-order valence-electron chi connectivity index (χ2n) is 5.38. The van der Waals surface area contributed by atoms with Crippen LogP contribution < -0.4 is 0 Å². The maximum atomic E-state index is 4.50. The third-order valence-corrected chi connectivity index (χ3v) is 4.06. The molecule has 2 heteroatoms. The van der Waals surface area contributed by atoms with Gasteiger partial charge in [0.05, 0.1) is 12.0 Å². The predicted octanol–water partition coefficient (Wildman–Crippen LogP) is 4.52. The van der Waals surface area contributed by atoms with Crippen molar-refractivity contribution in [3.63, 3.8) is 0 Å². The minimum atomic E-state index is 0.384. The molecule has 0 bridgehead atoms. The summed E-state index contributed by atoms with van der Waals surface area (Å²) in [7, 11) is 0. The van der Waals surface area contributed by atoms with E-state index in [-0.39, 0.29) is 0 Å². The van der Waals surface area contributed by atoms with Crippen LogP contribution in [0, 0.1) is 13.8 Å². The molecule has 19 heavy (non-hydrogen) atoms. The van der Waals surface area contributed by atoms with E-state index >= 15 is 0 Å². The number of rotatable bonds is 5. The van der Waals surface area contributed by atoms with Crippen molar-refractivity contribution in [3.05, 3.63) is 52.6 Å². The summed E-state index contributed by atoms with van der Waals surface area (Å²) in [5.74, 6) is 0.384. The Hall–Kier alpha value is -1.57. The zero-order valence-corrected chi connectivity index (χ0v) is 12.5. The van der Waals surface area contributed by atoms with Crippen LogP contribution in [-0.4, -0.2) is 9.97 Å². The Balaban J connectivity index is 2.31. The molecule has 1 aromatic carbocycles. The molecule has 0 radical (unpaired) electrons. The highest BCUT2D eigenvalue weighted by molar-refractivity contribution is 5.39. The normalized spacial score (nSPS) is 12.6. The van der Waals surface area contributed by atoms with Crippen LogP contribution >= 0.6 is 0 Å². The molecule has 2 aromatic rings. The number of nitrogens with one attached hydrogen (secondary N) is 1. The summed E-state index contributed by atoms with van der Waals surface area (Å²) in [6, 6.07) is 6.56. The number of hydrogen-bond acceptors (Lipinski definition) is 1. The monoisotopic (exact) mass is 256 g/mol. The van der Waals surface area contributed by atoms with Crippen LogP contribution in [0.5, 0.6) is 0 Å². The van der Waals surface area contributed by atoms with E-state index in [1.165, 1.54) is 40.9 Å². The third-order valence-electron chi connectivity index (χ3n) is 4.06. The quantitative estimate of drug-likeness (QED) is 0.837. The fourth-order valence-electron chi connectivity index (χ4n) is 2.65. The van der Waals surface area contributed by atoms with Crippen molar-refractivity contribution < 1.29 is 0 Å². The third kappa shape index (κ3) is 2.89. The van der Waals surface area contributed by atoms with E-state index in [2.05, 4.69) is 55.9 Å². The van der Waals surface area contributed by atoms with Crippen LogP contribution in [-0.2, 0) is 6.42 Å². The molecular weight excluding hydrogens is 232 g/mol. The summed E-state index contributed by atoms with van der Waals surface area (Å²) in [6.07, 6.45) is 5.33. The van der Waals surface area contributed by atoms with Gasteiger partial charge in [-0.15, -0.1) is 0 Å². The molecule has 2 nitrogen and oxygen atoms in total. The fourth-order valence-corrected chi connectivity index (χ4v) is 2.65. The average molecular weight is 256 g/mol. The number of nitrogens with zero attached hydrogens (tertiary/aromatic N) is 1. The Morgan fingerprint density at radius 2 is 2.05 bits per heavy atom. The fraction of sp³-hybridized carbons (Fsp3) is 0.471. The molecule has 102 valence electrons. The number of benzene rings is 1. The maximum absolute atomic E-state index is 4.50. The number of hydrogen-bond donors (Lipinski definition) is 1. The maximum Gasteiger partial charge on any atom is 0.0925 e. The highest BCUT2D eigenvalue weighted by Gasteiger charge is 2.17. The van der Waals surface area contributed by atoms with E-state index < -0.39 is 0 Å². The Kier molecular flexibility index (Phi) is 4.41. The molecule has 1 N–H and O–H groups in total. The van der Waals surface area contributed by atoms with Crippen LogP contribution in [0.25, 0.3) is 0 Å². The molecule has 0 amide bonds. The number of aromatic nitrogens is 2. The summed E-state index contributed by atoms with van der Waals surface area (Å²) in [5.41, 5.74) is 6.67. The van der Waals surface area contributed by atoms with Crippen LogP contribution in [0.1, 0.15) is 60.7 Å². The average Bonchev–Trinajstić information content (AvgIpc) is 2.87. The minimum Gasteiger partial charge on any atom is -0.348 e. The van der Waals surface area contributed by atoms with E-state index in [1.807, 2.05) is 6.33 Å². The van der Waals surface area contributed by atoms with Crippen LogP contribution in [0.4, 0.5) is 0 Å². The summed E-state index contributed by atoms with van der Waals surface area (Å²) < 4.78 is 0. The van der Waals surface area contributed by atoms with Crippen molar-refractivity contribution in [1.29, 1.82) is 0 Å². The Labute approximate surface area is 116 Å². The Bertz CT molecular complexity index is 540. The lowest BCUT2D eigenvalue weighted by Crippen LogP contribution is -2.04. The summed E-state index contributed by atoms with van der Waals surface area (Å²) >= 11 is 0. The minimum absolute atomic E-state index is 0.384. The number of imidazole rings is 1. The number of aryl methyl sites for hydroxylation is 2. The lowest BCUT2D eigenvalue weighted by molar-refractivity contribution is 0.757.